The molecule has 0 radical (unpaired) electrons. The number of rotatable bonds is 9. The van der Waals surface area contributed by atoms with E-state index < -0.39 is 0 Å². The molecule has 0 saturated carbocycles. The van der Waals surface area contributed by atoms with Gasteiger partial charge in [0, 0.05) is 17.6 Å². The molecule has 0 spiro atoms. The van der Waals surface area contributed by atoms with Gasteiger partial charge in [-0.05, 0) is 70.7 Å². The zero-order valence-corrected chi connectivity index (χ0v) is 19.0. The molecule has 29 heavy (non-hydrogen) atoms. The van der Waals surface area contributed by atoms with Crippen LogP contribution in [0.25, 0.3) is 0 Å². The highest BCUT2D eigenvalue weighted by atomic mass is 79.9. The third kappa shape index (κ3) is 6.23. The predicted octanol–water partition coefficient (Wildman–Crippen LogP) is 6.93. The molecule has 3 aromatic carbocycles. The summed E-state index contributed by atoms with van der Waals surface area (Å²) in [5.74, 6) is 1.45. The zero-order valence-electron chi connectivity index (χ0n) is 16.6. The van der Waals surface area contributed by atoms with Crippen molar-refractivity contribution in [3.8, 4) is 11.5 Å². The summed E-state index contributed by atoms with van der Waals surface area (Å²) in [5.41, 5.74) is 3.44. The van der Waals surface area contributed by atoms with Crippen LogP contribution in [0.15, 0.2) is 71.2 Å². The summed E-state index contributed by atoms with van der Waals surface area (Å²) in [6.07, 6.45) is 0. The van der Waals surface area contributed by atoms with E-state index in [0.29, 0.717) is 24.0 Å². The van der Waals surface area contributed by atoms with Gasteiger partial charge in [0.05, 0.1) is 11.1 Å². The molecule has 0 heterocycles. The summed E-state index contributed by atoms with van der Waals surface area (Å²) in [6.45, 7) is 5.88. The number of hydrogen-bond acceptors (Lipinski definition) is 3. The second kappa shape index (κ2) is 10.7. The van der Waals surface area contributed by atoms with Gasteiger partial charge in [0.25, 0.3) is 0 Å². The summed E-state index contributed by atoms with van der Waals surface area (Å²) < 4.78 is 12.8. The molecular weight excluding hydrogens is 450 g/mol. The highest BCUT2D eigenvalue weighted by Gasteiger charge is 2.13. The van der Waals surface area contributed by atoms with Crippen molar-refractivity contribution in [2.75, 3.05) is 6.61 Å². The first-order chi connectivity index (χ1) is 14.1. The Balaban J connectivity index is 1.70. The fraction of sp³-hybridized carbons (Fsp3) is 0.250. The first-order valence-corrected chi connectivity index (χ1v) is 10.8. The number of nitrogens with one attached hydrogen (secondary N) is 1. The minimum absolute atomic E-state index is 0.256. The van der Waals surface area contributed by atoms with E-state index in [1.807, 2.05) is 43.3 Å². The standard InChI is InChI=1S/C24H25BrClNO2/c1-3-28-23-14-19(15-27-17(2)20-7-5-4-6-8-20)13-22(25)24(23)29-16-18-9-11-21(26)12-10-18/h4-14,17,27H,3,15-16H2,1-2H3. The van der Waals surface area contributed by atoms with E-state index in [-0.39, 0.29) is 6.04 Å². The smallest absolute Gasteiger partial charge is 0.175 e. The van der Waals surface area contributed by atoms with Crippen molar-refractivity contribution in [2.45, 2.75) is 33.0 Å². The lowest BCUT2D eigenvalue weighted by Gasteiger charge is -2.18. The van der Waals surface area contributed by atoms with Crippen LogP contribution < -0.4 is 14.8 Å². The van der Waals surface area contributed by atoms with Gasteiger partial charge in [0.1, 0.15) is 6.61 Å². The molecular formula is C24H25BrClNO2. The number of hydrogen-bond donors (Lipinski definition) is 1. The van der Waals surface area contributed by atoms with E-state index in [2.05, 4.69) is 58.5 Å². The molecule has 0 bridgehead atoms. The average molecular weight is 475 g/mol. The maximum absolute atomic E-state index is 6.06. The van der Waals surface area contributed by atoms with Gasteiger partial charge in [-0.25, -0.2) is 0 Å². The van der Waals surface area contributed by atoms with E-state index in [9.17, 15) is 0 Å². The van der Waals surface area contributed by atoms with E-state index in [4.69, 9.17) is 21.1 Å². The largest absolute Gasteiger partial charge is 0.490 e. The van der Waals surface area contributed by atoms with Crippen molar-refractivity contribution < 1.29 is 9.47 Å². The molecule has 3 aromatic rings. The normalized spacial score (nSPS) is 11.9. The van der Waals surface area contributed by atoms with E-state index >= 15 is 0 Å². The van der Waals surface area contributed by atoms with Crippen LogP contribution in [0.4, 0.5) is 0 Å². The molecule has 1 unspecified atom stereocenters. The highest BCUT2D eigenvalue weighted by molar-refractivity contribution is 9.10. The third-order valence-corrected chi connectivity index (χ3v) is 5.42. The highest BCUT2D eigenvalue weighted by Crippen LogP contribution is 2.37. The fourth-order valence-electron chi connectivity index (χ4n) is 2.99. The Morgan fingerprint density at radius 2 is 1.69 bits per heavy atom. The van der Waals surface area contributed by atoms with Crippen molar-refractivity contribution in [1.29, 1.82) is 0 Å². The van der Waals surface area contributed by atoms with E-state index in [1.54, 1.807) is 0 Å². The van der Waals surface area contributed by atoms with Gasteiger partial charge in [-0.3, -0.25) is 0 Å². The molecule has 0 amide bonds. The second-order valence-corrected chi connectivity index (χ2v) is 8.06. The van der Waals surface area contributed by atoms with Gasteiger partial charge < -0.3 is 14.8 Å². The molecule has 0 saturated heterocycles. The molecule has 0 aliphatic heterocycles. The van der Waals surface area contributed by atoms with Crippen LogP contribution in [-0.4, -0.2) is 6.61 Å². The molecule has 1 N–H and O–H groups in total. The molecule has 152 valence electrons. The van der Waals surface area contributed by atoms with Crippen LogP contribution in [0.3, 0.4) is 0 Å². The van der Waals surface area contributed by atoms with Crippen LogP contribution in [0.2, 0.25) is 5.02 Å². The summed E-state index contributed by atoms with van der Waals surface area (Å²) in [5, 5.41) is 4.28. The Labute approximate surface area is 186 Å². The van der Waals surface area contributed by atoms with E-state index in [1.165, 1.54) is 5.56 Å². The van der Waals surface area contributed by atoms with Crippen molar-refractivity contribution in [2.24, 2.45) is 0 Å². The molecule has 3 rings (SSSR count). The van der Waals surface area contributed by atoms with Crippen LogP contribution >= 0.6 is 27.5 Å². The van der Waals surface area contributed by atoms with Crippen LogP contribution in [0, 0.1) is 0 Å². The minimum Gasteiger partial charge on any atom is -0.490 e. The third-order valence-electron chi connectivity index (χ3n) is 4.58. The van der Waals surface area contributed by atoms with E-state index in [0.717, 1.165) is 27.9 Å². The summed E-state index contributed by atoms with van der Waals surface area (Å²) in [7, 11) is 0. The van der Waals surface area contributed by atoms with Crippen LogP contribution in [0.1, 0.15) is 36.6 Å². The van der Waals surface area contributed by atoms with Crippen molar-refractivity contribution in [1.82, 2.24) is 5.32 Å². The predicted molar refractivity (Wildman–Crippen MR) is 123 cm³/mol. The molecule has 0 aliphatic rings. The molecule has 0 aromatic heterocycles. The fourth-order valence-corrected chi connectivity index (χ4v) is 3.72. The minimum atomic E-state index is 0.256. The Bertz CT molecular complexity index is 916. The van der Waals surface area contributed by atoms with Crippen molar-refractivity contribution in [3.05, 3.63) is 92.9 Å². The van der Waals surface area contributed by atoms with Gasteiger partial charge in [0.2, 0.25) is 0 Å². The molecule has 0 fully saturated rings. The SMILES string of the molecule is CCOc1cc(CNC(C)c2ccccc2)cc(Br)c1OCc1ccc(Cl)cc1. The van der Waals surface area contributed by atoms with Gasteiger partial charge in [-0.15, -0.1) is 0 Å². The Hall–Kier alpha value is -2.01. The lowest BCUT2D eigenvalue weighted by atomic mass is 10.1. The number of ether oxygens (including phenoxy) is 2. The van der Waals surface area contributed by atoms with Crippen molar-refractivity contribution >= 4 is 27.5 Å². The maximum atomic E-state index is 6.06. The monoisotopic (exact) mass is 473 g/mol. The molecule has 5 heteroatoms. The van der Waals surface area contributed by atoms with Gasteiger partial charge in [-0.2, -0.15) is 0 Å². The average Bonchev–Trinajstić information content (AvgIpc) is 2.73. The second-order valence-electron chi connectivity index (χ2n) is 6.77. The summed E-state index contributed by atoms with van der Waals surface area (Å²) in [6, 6.07) is 22.4. The van der Waals surface area contributed by atoms with Gasteiger partial charge in [0.15, 0.2) is 11.5 Å². The number of halogens is 2. The summed E-state index contributed by atoms with van der Waals surface area (Å²) in [4.78, 5) is 0. The Kier molecular flexibility index (Phi) is 7.99. The van der Waals surface area contributed by atoms with Gasteiger partial charge >= 0.3 is 0 Å². The Morgan fingerprint density at radius 1 is 0.966 bits per heavy atom. The lowest BCUT2D eigenvalue weighted by Crippen LogP contribution is -2.18. The quantitative estimate of drug-likeness (QED) is 0.365. The molecule has 0 aliphatic carbocycles. The maximum Gasteiger partial charge on any atom is 0.175 e. The van der Waals surface area contributed by atoms with Crippen LogP contribution in [0.5, 0.6) is 11.5 Å². The topological polar surface area (TPSA) is 30.5 Å². The first kappa shape index (κ1) is 21.7. The lowest BCUT2D eigenvalue weighted by molar-refractivity contribution is 0.267. The number of benzene rings is 3. The Morgan fingerprint density at radius 3 is 2.38 bits per heavy atom. The van der Waals surface area contributed by atoms with Gasteiger partial charge in [-0.1, -0.05) is 54.1 Å². The first-order valence-electron chi connectivity index (χ1n) is 9.67. The van der Waals surface area contributed by atoms with Crippen molar-refractivity contribution in [3.63, 3.8) is 0 Å². The summed E-state index contributed by atoms with van der Waals surface area (Å²) >= 11 is 9.61. The molecule has 3 nitrogen and oxygen atoms in total. The molecule has 1 atom stereocenters. The van der Waals surface area contributed by atoms with Crippen LogP contribution in [-0.2, 0) is 13.2 Å². The zero-order chi connectivity index (χ0) is 20.6.